The summed E-state index contributed by atoms with van der Waals surface area (Å²) in [6.07, 6.45) is 0.235. The molecule has 0 heterocycles. The quantitative estimate of drug-likeness (QED) is 0.636. The zero-order valence-electron chi connectivity index (χ0n) is 11.4. The molecule has 0 fully saturated rings. The Morgan fingerprint density at radius 3 is 2.52 bits per heavy atom. The van der Waals surface area contributed by atoms with Gasteiger partial charge in [0, 0.05) is 16.1 Å². The monoisotopic (exact) mass is 356 g/mol. The van der Waals surface area contributed by atoms with Crippen molar-refractivity contribution in [2.75, 3.05) is 7.11 Å². The zero-order chi connectivity index (χ0) is 15.4. The van der Waals surface area contributed by atoms with E-state index in [1.54, 1.807) is 24.3 Å². The van der Waals surface area contributed by atoms with Crippen LogP contribution >= 0.6 is 15.9 Å². The van der Waals surface area contributed by atoms with Crippen molar-refractivity contribution in [3.8, 4) is 5.75 Å². The minimum Gasteiger partial charge on any atom is -0.497 e. The molecular weight excluding hydrogens is 342 g/mol. The van der Waals surface area contributed by atoms with Crippen LogP contribution in [0.2, 0.25) is 0 Å². The number of hydrazine groups is 1. The third kappa shape index (κ3) is 3.78. The van der Waals surface area contributed by atoms with Gasteiger partial charge in [-0.25, -0.2) is 8.78 Å². The zero-order valence-corrected chi connectivity index (χ0v) is 13.0. The SMILES string of the molecule is COc1ccc(C(Cc2ccc(Br)cc2F)NN)c(F)c1. The van der Waals surface area contributed by atoms with Crippen LogP contribution in [-0.4, -0.2) is 7.11 Å². The van der Waals surface area contributed by atoms with Gasteiger partial charge in [0.05, 0.1) is 13.2 Å². The van der Waals surface area contributed by atoms with Gasteiger partial charge in [-0.1, -0.05) is 28.1 Å². The smallest absolute Gasteiger partial charge is 0.131 e. The van der Waals surface area contributed by atoms with Crippen molar-refractivity contribution in [2.45, 2.75) is 12.5 Å². The highest BCUT2D eigenvalue weighted by atomic mass is 79.9. The Bertz CT molecular complexity index is 637. The fourth-order valence-corrected chi connectivity index (χ4v) is 2.42. The van der Waals surface area contributed by atoms with E-state index in [0.717, 1.165) is 0 Å². The Morgan fingerprint density at radius 1 is 1.19 bits per heavy atom. The number of ether oxygens (including phenoxy) is 1. The van der Waals surface area contributed by atoms with Gasteiger partial charge in [0.25, 0.3) is 0 Å². The number of nitrogens with one attached hydrogen (secondary N) is 1. The van der Waals surface area contributed by atoms with Gasteiger partial charge in [-0.05, 0) is 30.2 Å². The molecule has 112 valence electrons. The maximum atomic E-state index is 14.1. The predicted molar refractivity (Wildman–Crippen MR) is 80.8 cm³/mol. The summed E-state index contributed by atoms with van der Waals surface area (Å²) in [5.41, 5.74) is 3.34. The highest BCUT2D eigenvalue weighted by Gasteiger charge is 2.17. The summed E-state index contributed by atoms with van der Waals surface area (Å²) >= 11 is 3.20. The molecule has 0 aliphatic carbocycles. The van der Waals surface area contributed by atoms with E-state index in [9.17, 15) is 8.78 Å². The van der Waals surface area contributed by atoms with Crippen molar-refractivity contribution < 1.29 is 13.5 Å². The van der Waals surface area contributed by atoms with Crippen molar-refractivity contribution in [3.05, 3.63) is 63.6 Å². The number of methoxy groups -OCH3 is 1. The molecule has 0 bridgehead atoms. The minimum absolute atomic E-state index is 0.235. The fraction of sp³-hybridized carbons (Fsp3) is 0.200. The maximum Gasteiger partial charge on any atom is 0.131 e. The molecule has 0 amide bonds. The number of rotatable bonds is 5. The third-order valence-electron chi connectivity index (χ3n) is 3.22. The Kier molecular flexibility index (Phi) is 5.27. The van der Waals surface area contributed by atoms with Crippen LogP contribution in [-0.2, 0) is 6.42 Å². The van der Waals surface area contributed by atoms with Crippen LogP contribution in [0.5, 0.6) is 5.75 Å². The lowest BCUT2D eigenvalue weighted by atomic mass is 9.98. The fourth-order valence-electron chi connectivity index (χ4n) is 2.08. The van der Waals surface area contributed by atoms with E-state index in [1.165, 1.54) is 19.2 Å². The van der Waals surface area contributed by atoms with E-state index in [4.69, 9.17) is 10.6 Å². The van der Waals surface area contributed by atoms with Crippen molar-refractivity contribution in [2.24, 2.45) is 5.84 Å². The van der Waals surface area contributed by atoms with E-state index in [2.05, 4.69) is 21.4 Å². The van der Waals surface area contributed by atoms with Crippen molar-refractivity contribution >= 4 is 15.9 Å². The van der Waals surface area contributed by atoms with Crippen molar-refractivity contribution in [1.29, 1.82) is 0 Å². The predicted octanol–water partition coefficient (Wildman–Crippen LogP) is 3.48. The van der Waals surface area contributed by atoms with Crippen LogP contribution in [0.1, 0.15) is 17.2 Å². The summed E-state index contributed by atoms with van der Waals surface area (Å²) in [5.74, 6) is 5.10. The second-order valence-corrected chi connectivity index (χ2v) is 5.46. The molecule has 2 aromatic rings. The Morgan fingerprint density at radius 2 is 1.95 bits per heavy atom. The van der Waals surface area contributed by atoms with Crippen molar-refractivity contribution in [3.63, 3.8) is 0 Å². The Labute approximate surface area is 130 Å². The molecule has 0 aromatic heterocycles. The van der Waals surface area contributed by atoms with Crippen molar-refractivity contribution in [1.82, 2.24) is 5.43 Å². The summed E-state index contributed by atoms with van der Waals surface area (Å²) in [4.78, 5) is 0. The molecule has 2 aromatic carbocycles. The molecule has 21 heavy (non-hydrogen) atoms. The first kappa shape index (κ1) is 15.9. The summed E-state index contributed by atoms with van der Waals surface area (Å²) in [6, 6.07) is 8.70. The van der Waals surface area contributed by atoms with E-state index >= 15 is 0 Å². The normalized spacial score (nSPS) is 12.2. The van der Waals surface area contributed by atoms with Gasteiger partial charge in [-0.2, -0.15) is 0 Å². The molecule has 0 aliphatic rings. The van der Waals surface area contributed by atoms with Crippen LogP contribution in [0.15, 0.2) is 40.9 Å². The first-order valence-corrected chi connectivity index (χ1v) is 7.08. The lowest BCUT2D eigenvalue weighted by molar-refractivity contribution is 0.409. The Balaban J connectivity index is 2.27. The molecule has 0 saturated heterocycles. The summed E-state index contributed by atoms with van der Waals surface area (Å²) in [5, 5.41) is 0. The highest BCUT2D eigenvalue weighted by Crippen LogP contribution is 2.26. The van der Waals surface area contributed by atoms with E-state index in [1.807, 2.05) is 0 Å². The molecule has 1 unspecified atom stereocenters. The second-order valence-electron chi connectivity index (χ2n) is 4.55. The average Bonchev–Trinajstić information content (AvgIpc) is 2.47. The molecular formula is C15H15BrF2N2O. The van der Waals surface area contributed by atoms with E-state index in [-0.39, 0.29) is 12.2 Å². The van der Waals surface area contributed by atoms with Crippen LogP contribution in [0.4, 0.5) is 8.78 Å². The van der Waals surface area contributed by atoms with Crippen LogP contribution in [0, 0.1) is 11.6 Å². The lowest BCUT2D eigenvalue weighted by Gasteiger charge is -2.18. The first-order valence-electron chi connectivity index (χ1n) is 6.28. The maximum absolute atomic E-state index is 14.1. The first-order chi connectivity index (χ1) is 10.0. The standard InChI is InChI=1S/C15H15BrF2N2O/c1-21-11-4-5-12(14(18)8-11)15(20-19)6-9-2-3-10(16)7-13(9)17/h2-5,7-8,15,20H,6,19H2,1H3. The minimum atomic E-state index is -0.536. The summed E-state index contributed by atoms with van der Waals surface area (Å²) in [6.45, 7) is 0. The van der Waals surface area contributed by atoms with Gasteiger partial charge in [0.1, 0.15) is 17.4 Å². The highest BCUT2D eigenvalue weighted by molar-refractivity contribution is 9.10. The number of halogens is 3. The van der Waals surface area contributed by atoms with Crippen LogP contribution < -0.4 is 16.0 Å². The molecule has 0 radical (unpaired) electrons. The number of hydrogen-bond donors (Lipinski definition) is 2. The molecule has 2 rings (SSSR count). The largest absolute Gasteiger partial charge is 0.497 e. The van der Waals surface area contributed by atoms with Gasteiger partial charge in [-0.15, -0.1) is 0 Å². The van der Waals surface area contributed by atoms with Crippen LogP contribution in [0.25, 0.3) is 0 Å². The molecule has 6 heteroatoms. The molecule has 3 N–H and O–H groups in total. The third-order valence-corrected chi connectivity index (χ3v) is 3.72. The van der Waals surface area contributed by atoms with E-state index < -0.39 is 11.9 Å². The second kappa shape index (κ2) is 6.98. The van der Waals surface area contributed by atoms with Gasteiger partial charge >= 0.3 is 0 Å². The van der Waals surface area contributed by atoms with E-state index in [0.29, 0.717) is 21.3 Å². The van der Waals surface area contributed by atoms with Gasteiger partial charge in [-0.3, -0.25) is 11.3 Å². The number of benzene rings is 2. The molecule has 3 nitrogen and oxygen atoms in total. The Hall–Kier alpha value is -1.50. The molecule has 0 spiro atoms. The summed E-state index contributed by atoms with van der Waals surface area (Å²) in [7, 11) is 1.46. The van der Waals surface area contributed by atoms with Crippen LogP contribution in [0.3, 0.4) is 0 Å². The number of nitrogens with two attached hydrogens (primary N) is 1. The molecule has 0 saturated carbocycles. The van der Waals surface area contributed by atoms with Gasteiger partial charge in [0.15, 0.2) is 0 Å². The lowest BCUT2D eigenvalue weighted by Crippen LogP contribution is -2.30. The number of hydrogen-bond acceptors (Lipinski definition) is 3. The molecule has 0 aliphatic heterocycles. The van der Waals surface area contributed by atoms with Gasteiger partial charge < -0.3 is 4.74 Å². The topological polar surface area (TPSA) is 47.3 Å². The molecule has 1 atom stereocenters. The average molecular weight is 357 g/mol. The van der Waals surface area contributed by atoms with Gasteiger partial charge in [0.2, 0.25) is 0 Å². The summed E-state index contributed by atoms with van der Waals surface area (Å²) < 4.78 is 33.5.